The Morgan fingerprint density at radius 2 is 1.01 bits per heavy atom. The highest BCUT2D eigenvalue weighted by Gasteiger charge is 1.99. The summed E-state index contributed by atoms with van der Waals surface area (Å²) in [7, 11) is 0. The number of para-hydroxylation sites is 1. The smallest absolute Gasteiger partial charge is 0.322 e. The second kappa shape index (κ2) is 74.2. The summed E-state index contributed by atoms with van der Waals surface area (Å²) in [6, 6.07) is 37.6. The number of oxazole rings is 1. The zero-order chi connectivity index (χ0) is 52.3. The molecule has 8 heterocycles. The molecule has 0 spiro atoms. The zero-order valence-corrected chi connectivity index (χ0v) is 44.9. The summed E-state index contributed by atoms with van der Waals surface area (Å²) in [6.07, 6.45) is 23.1. The number of rotatable bonds is 0. The fourth-order valence-electron chi connectivity index (χ4n) is 3.41. The molecule has 0 saturated carbocycles. The molecule has 12 nitrogen and oxygen atoms in total. The highest BCUT2D eigenvalue weighted by atomic mass is 32.1. The normalized spacial score (nSPS) is 7.88. The third-order valence-corrected chi connectivity index (χ3v) is 6.12. The van der Waals surface area contributed by atoms with Crippen LogP contribution in [0.2, 0.25) is 0 Å². The molecule has 0 fully saturated rings. The molecular weight excluding hydrogens is 865 g/mol. The van der Waals surface area contributed by atoms with Gasteiger partial charge in [-0.15, -0.1) is 11.3 Å². The van der Waals surface area contributed by atoms with Crippen LogP contribution in [0.15, 0.2) is 221 Å². The van der Waals surface area contributed by atoms with Crippen LogP contribution in [-0.4, -0.2) is 46.6 Å². The lowest BCUT2D eigenvalue weighted by atomic mass is 10.2. The monoisotopic (exact) mass is 950 g/mol. The van der Waals surface area contributed by atoms with Gasteiger partial charge in [0.2, 0.25) is 6.39 Å². The topological polar surface area (TPSA) is 148 Å². The number of nitrogens with zero attached hydrogens (tertiary/aromatic N) is 10. The van der Waals surface area contributed by atoms with Crippen LogP contribution >= 0.6 is 11.3 Å². The van der Waals surface area contributed by atoms with E-state index in [9.17, 15) is 0 Å². The van der Waals surface area contributed by atoms with Crippen molar-refractivity contribution < 1.29 is 13.2 Å². The van der Waals surface area contributed by atoms with E-state index < -0.39 is 0 Å². The SMILES string of the molecule is C1=[n+]2ccccc2=NC1.CC.CC.CC.CC.CC.CC.CC.CC.c1ccc2ncccc2c1.c1ccccc1.c1ccncc1.c1cncnc1.c1cocn1.c1cscn1.c1ncon1. The average Bonchev–Trinajstić information content (AvgIpc) is 4.37. The minimum Gasteiger partial charge on any atom is -0.452 e. The molecule has 372 valence electrons. The molecule has 0 amide bonds. The van der Waals surface area contributed by atoms with Crippen LogP contribution in [0.5, 0.6) is 0 Å². The van der Waals surface area contributed by atoms with Crippen LogP contribution < -0.4 is 9.73 Å². The molecule has 0 radical (unpaired) electrons. The molecule has 1 aliphatic rings. The maximum atomic E-state index is 4.47. The number of hydrogen-bond acceptors (Lipinski definition) is 12. The third-order valence-electron chi connectivity index (χ3n) is 5.60. The van der Waals surface area contributed by atoms with E-state index in [4.69, 9.17) is 0 Å². The first-order valence-electron chi connectivity index (χ1n) is 23.6. The van der Waals surface area contributed by atoms with E-state index >= 15 is 0 Å². The van der Waals surface area contributed by atoms with Gasteiger partial charge in [-0.25, -0.2) is 24.2 Å². The largest absolute Gasteiger partial charge is 0.452 e. The first-order valence-corrected chi connectivity index (χ1v) is 24.6. The Morgan fingerprint density at radius 1 is 0.456 bits per heavy atom. The molecule has 10 rings (SSSR count). The van der Waals surface area contributed by atoms with Crippen molar-refractivity contribution in [3.63, 3.8) is 0 Å². The van der Waals surface area contributed by atoms with Gasteiger partial charge in [-0.05, 0) is 36.4 Å². The number of benzene rings is 2. The van der Waals surface area contributed by atoms with Crippen LogP contribution in [0.3, 0.4) is 0 Å². The number of pyridine rings is 3. The van der Waals surface area contributed by atoms with Gasteiger partial charge in [0.15, 0.2) is 19.3 Å². The van der Waals surface area contributed by atoms with Crippen LogP contribution in [-0.2, 0) is 0 Å². The summed E-state index contributed by atoms with van der Waals surface area (Å²) in [5.41, 5.74) is 3.91. The van der Waals surface area contributed by atoms with E-state index in [0.717, 1.165) is 17.5 Å². The van der Waals surface area contributed by atoms with Gasteiger partial charge in [0, 0.05) is 54.0 Å². The molecule has 1 aliphatic heterocycles. The first-order chi connectivity index (χ1) is 33.9. The summed E-state index contributed by atoms with van der Waals surface area (Å²) in [5, 5.41) is 6.37. The second-order valence-corrected chi connectivity index (χ2v) is 9.96. The van der Waals surface area contributed by atoms with Crippen molar-refractivity contribution >= 4 is 22.2 Å². The van der Waals surface area contributed by atoms with Gasteiger partial charge in [-0.3, -0.25) is 15.0 Å². The van der Waals surface area contributed by atoms with Gasteiger partial charge in [-0.2, -0.15) is 0 Å². The average molecular weight is 950 g/mol. The Labute approximate surface area is 415 Å². The molecule has 0 bridgehead atoms. The molecule has 2 aromatic carbocycles. The summed E-state index contributed by atoms with van der Waals surface area (Å²) in [6.45, 7) is 32.8. The predicted octanol–water partition coefficient (Wildman–Crippen LogP) is 15.2. The Hall–Kier alpha value is -7.12. The van der Waals surface area contributed by atoms with Crippen molar-refractivity contribution in [2.45, 2.75) is 111 Å². The van der Waals surface area contributed by atoms with Crippen LogP contribution in [0.4, 0.5) is 0 Å². The van der Waals surface area contributed by atoms with Crippen molar-refractivity contribution in [1.29, 1.82) is 0 Å². The van der Waals surface area contributed by atoms with E-state index in [0.29, 0.717) is 0 Å². The first kappa shape index (κ1) is 72.5. The van der Waals surface area contributed by atoms with Gasteiger partial charge >= 0.3 is 5.49 Å². The summed E-state index contributed by atoms with van der Waals surface area (Å²) in [4.78, 5) is 30.3. The van der Waals surface area contributed by atoms with Gasteiger partial charge < -0.3 is 8.94 Å². The third kappa shape index (κ3) is 53.2. The van der Waals surface area contributed by atoms with Crippen molar-refractivity contribution in [3.05, 3.63) is 219 Å². The van der Waals surface area contributed by atoms with Crippen LogP contribution in [0.1, 0.15) is 111 Å². The highest BCUT2D eigenvalue weighted by molar-refractivity contribution is 7.07. The van der Waals surface area contributed by atoms with Crippen molar-refractivity contribution in [2.75, 3.05) is 6.54 Å². The molecule has 7 aromatic heterocycles. The Morgan fingerprint density at radius 3 is 1.35 bits per heavy atom. The van der Waals surface area contributed by atoms with Gasteiger partial charge in [0.1, 0.15) is 18.8 Å². The van der Waals surface area contributed by atoms with Crippen LogP contribution in [0, 0.1) is 6.21 Å². The molecule has 0 unspecified atom stereocenters. The molecule has 0 N–H and O–H groups in total. The Kier molecular flexibility index (Phi) is 79.1. The predicted molar refractivity (Wildman–Crippen MR) is 291 cm³/mol. The molecule has 0 aliphatic carbocycles. The lowest BCUT2D eigenvalue weighted by Crippen LogP contribution is -2.32. The van der Waals surface area contributed by atoms with E-state index in [-0.39, 0.29) is 0 Å². The van der Waals surface area contributed by atoms with E-state index in [1.54, 1.807) is 60.1 Å². The molecule has 9 aromatic rings. The number of thiazole rings is 1. The zero-order valence-electron chi connectivity index (χ0n) is 44.1. The lowest BCUT2D eigenvalue weighted by Gasteiger charge is -1.91. The Bertz CT molecular complexity index is 1770. The summed E-state index contributed by atoms with van der Waals surface area (Å²) in [5.74, 6) is 0. The lowest BCUT2D eigenvalue weighted by molar-refractivity contribution is -0.522. The fourth-order valence-corrected chi connectivity index (χ4v) is 3.76. The van der Waals surface area contributed by atoms with Gasteiger partial charge in [0.05, 0.1) is 23.4 Å². The second-order valence-electron chi connectivity index (χ2n) is 9.20. The standard InChI is InChI=1S/C9H7N.C7H7N2.C6H6.C5H5N.C4H4N2.C3H3NO.C3H3NS.C2H2N2O.8C2H6/c1-2-6-9-8(4-1)5-3-7-10-9;1-2-5-9-6-4-8-7(9)3-1;2*1-2-4-6-5-3-1;1-2-5-4-6-3-1;2*1-2-5-3-4-1;1-3-2-5-4-1;8*1-2/h1-7H;1-3,5-6H,4H2;1-6H;1-5H;1-4H;2*1-3H;1-2H;8*1-2H3/q;+1;;;;;;;;;;;;;;. The molecular formula is C55H85N10O2S+. The maximum absolute atomic E-state index is 4.47. The van der Waals surface area contributed by atoms with E-state index in [2.05, 4.69) is 72.3 Å². The molecule has 0 atom stereocenters. The van der Waals surface area contributed by atoms with E-state index in [1.807, 2.05) is 230 Å². The molecule has 0 saturated heterocycles. The van der Waals surface area contributed by atoms with E-state index in [1.165, 1.54) is 37.1 Å². The number of aromatic nitrogens is 9. The van der Waals surface area contributed by atoms with Gasteiger partial charge in [0.25, 0.3) is 0 Å². The minimum atomic E-state index is 0.823. The molecule has 68 heavy (non-hydrogen) atoms. The summed E-state index contributed by atoms with van der Waals surface area (Å²) >= 11 is 1.60. The minimum absolute atomic E-state index is 0.823. The van der Waals surface area contributed by atoms with Crippen LogP contribution in [0.25, 0.3) is 10.9 Å². The highest BCUT2D eigenvalue weighted by Crippen LogP contribution is 2.07. The van der Waals surface area contributed by atoms with Crippen molar-refractivity contribution in [1.82, 2.24) is 40.0 Å². The van der Waals surface area contributed by atoms with Crippen molar-refractivity contribution in [2.24, 2.45) is 4.99 Å². The molecule has 13 heteroatoms. The fraction of sp³-hybridized carbons (Fsp3) is 0.309. The van der Waals surface area contributed by atoms with Gasteiger partial charge in [-0.1, -0.05) is 194 Å². The maximum Gasteiger partial charge on any atom is 0.322 e. The number of fused-ring (bicyclic) bond motifs is 2. The van der Waals surface area contributed by atoms with Crippen molar-refractivity contribution in [3.8, 4) is 0 Å². The number of hydrogen-bond donors (Lipinski definition) is 0. The quantitative estimate of drug-likeness (QED) is 0.135. The Balaban J connectivity index is -0.000000156. The summed E-state index contributed by atoms with van der Waals surface area (Å²) < 4.78 is 10.7.